The molecule has 0 bridgehead atoms. The van der Waals surface area contributed by atoms with Crippen LogP contribution >= 0.6 is 23.1 Å². The highest BCUT2D eigenvalue weighted by molar-refractivity contribution is 7.97. The molecule has 1 unspecified atom stereocenters. The summed E-state index contributed by atoms with van der Waals surface area (Å²) in [6.45, 7) is 4.92. The SMILES string of the molecule is CSCc1nc(CCNC(=O)c2c(C)ccn(CC3CCCNC3)c2=O)cs1. The lowest BCUT2D eigenvalue weighted by atomic mass is 9.99. The summed E-state index contributed by atoms with van der Waals surface area (Å²) in [5.74, 6) is 1.06. The van der Waals surface area contributed by atoms with Crippen molar-refractivity contribution in [3.05, 3.63) is 49.8 Å². The largest absolute Gasteiger partial charge is 0.351 e. The van der Waals surface area contributed by atoms with Crippen LogP contribution in [0.3, 0.4) is 0 Å². The molecule has 0 aliphatic carbocycles. The number of pyridine rings is 1. The molecule has 2 aromatic heterocycles. The van der Waals surface area contributed by atoms with Gasteiger partial charge in [0.15, 0.2) is 0 Å². The second-order valence-corrected chi connectivity index (χ2v) is 9.02. The molecule has 1 aliphatic heterocycles. The van der Waals surface area contributed by atoms with Gasteiger partial charge in [-0.25, -0.2) is 4.98 Å². The Morgan fingerprint density at radius 2 is 2.36 bits per heavy atom. The quantitative estimate of drug-likeness (QED) is 0.686. The molecule has 0 spiro atoms. The van der Waals surface area contributed by atoms with E-state index < -0.39 is 0 Å². The van der Waals surface area contributed by atoms with Gasteiger partial charge in [0.1, 0.15) is 10.6 Å². The third-order valence-corrected chi connectivity index (χ3v) is 6.63. The molecule has 1 fully saturated rings. The Balaban J connectivity index is 1.61. The summed E-state index contributed by atoms with van der Waals surface area (Å²) in [5.41, 5.74) is 1.77. The Labute approximate surface area is 174 Å². The molecule has 1 aliphatic rings. The highest BCUT2D eigenvalue weighted by atomic mass is 32.2. The fourth-order valence-corrected chi connectivity index (χ4v) is 5.04. The molecular weight excluding hydrogens is 392 g/mol. The van der Waals surface area contributed by atoms with Crippen molar-refractivity contribution < 1.29 is 4.79 Å². The summed E-state index contributed by atoms with van der Waals surface area (Å²) in [5, 5.41) is 9.41. The summed E-state index contributed by atoms with van der Waals surface area (Å²) in [4.78, 5) is 30.1. The molecule has 0 radical (unpaired) electrons. The predicted molar refractivity (Wildman–Crippen MR) is 116 cm³/mol. The topological polar surface area (TPSA) is 76.0 Å². The molecule has 6 nitrogen and oxygen atoms in total. The first-order chi connectivity index (χ1) is 13.6. The maximum atomic E-state index is 12.9. The standard InChI is InChI=1S/C20H28N4O2S2/c1-14-6-9-24(11-15-4-3-7-21-10-15)20(26)18(14)19(25)22-8-5-16-12-28-17(23-16)13-27-2/h6,9,12,15,21H,3-5,7-8,10-11,13H2,1-2H3,(H,22,25). The number of carbonyl (C=O) groups excluding carboxylic acids is 1. The number of piperidine rings is 1. The molecule has 0 saturated carbocycles. The van der Waals surface area contributed by atoms with Gasteiger partial charge >= 0.3 is 0 Å². The highest BCUT2D eigenvalue weighted by Gasteiger charge is 2.19. The lowest BCUT2D eigenvalue weighted by molar-refractivity contribution is 0.0951. The van der Waals surface area contributed by atoms with Gasteiger partial charge in [0, 0.05) is 36.8 Å². The van der Waals surface area contributed by atoms with Gasteiger partial charge in [-0.3, -0.25) is 9.59 Å². The van der Waals surface area contributed by atoms with Crippen LogP contribution in [0, 0.1) is 12.8 Å². The fraction of sp³-hybridized carbons (Fsp3) is 0.550. The zero-order chi connectivity index (χ0) is 19.9. The average Bonchev–Trinajstić information content (AvgIpc) is 3.13. The van der Waals surface area contributed by atoms with Crippen molar-refractivity contribution in [2.24, 2.45) is 5.92 Å². The first-order valence-corrected chi connectivity index (χ1v) is 12.0. The van der Waals surface area contributed by atoms with Crippen LogP contribution in [0.1, 0.15) is 39.5 Å². The minimum absolute atomic E-state index is 0.195. The van der Waals surface area contributed by atoms with Crippen LogP contribution in [0.15, 0.2) is 22.4 Å². The number of thioether (sulfide) groups is 1. The smallest absolute Gasteiger partial charge is 0.263 e. The van der Waals surface area contributed by atoms with Gasteiger partial charge in [0.25, 0.3) is 11.5 Å². The van der Waals surface area contributed by atoms with E-state index in [-0.39, 0.29) is 17.0 Å². The van der Waals surface area contributed by atoms with Crippen molar-refractivity contribution in [1.82, 2.24) is 20.2 Å². The van der Waals surface area contributed by atoms with E-state index in [1.165, 1.54) is 0 Å². The maximum Gasteiger partial charge on any atom is 0.263 e. The minimum atomic E-state index is -0.293. The van der Waals surface area contributed by atoms with E-state index >= 15 is 0 Å². The predicted octanol–water partition coefficient (Wildman–Crippen LogP) is 2.45. The molecule has 3 heterocycles. The van der Waals surface area contributed by atoms with Crippen molar-refractivity contribution in [3.63, 3.8) is 0 Å². The molecule has 1 amide bonds. The number of hydrogen-bond acceptors (Lipinski definition) is 6. The van der Waals surface area contributed by atoms with E-state index in [1.807, 2.05) is 24.6 Å². The maximum absolute atomic E-state index is 12.9. The molecule has 8 heteroatoms. The second kappa shape index (κ2) is 10.2. The number of aromatic nitrogens is 2. The Bertz CT molecular complexity index is 856. The van der Waals surface area contributed by atoms with Gasteiger partial charge < -0.3 is 15.2 Å². The van der Waals surface area contributed by atoms with Gasteiger partial charge in [-0.15, -0.1) is 11.3 Å². The summed E-state index contributed by atoms with van der Waals surface area (Å²) in [7, 11) is 0. The molecule has 152 valence electrons. The van der Waals surface area contributed by atoms with Crippen LogP contribution in [0.25, 0.3) is 0 Å². The van der Waals surface area contributed by atoms with E-state index in [9.17, 15) is 9.59 Å². The van der Waals surface area contributed by atoms with Crippen LogP contribution < -0.4 is 16.2 Å². The normalized spacial score (nSPS) is 16.9. The number of nitrogens with zero attached hydrogens (tertiary/aromatic N) is 2. The van der Waals surface area contributed by atoms with Gasteiger partial charge in [-0.1, -0.05) is 0 Å². The molecule has 2 N–H and O–H groups in total. The summed E-state index contributed by atoms with van der Waals surface area (Å²) >= 11 is 3.40. The van der Waals surface area contributed by atoms with Crippen LogP contribution in [0.4, 0.5) is 0 Å². The van der Waals surface area contributed by atoms with Crippen molar-refractivity contribution in [2.75, 3.05) is 25.9 Å². The second-order valence-electron chi connectivity index (χ2n) is 7.22. The van der Waals surface area contributed by atoms with Gasteiger partial charge in [-0.2, -0.15) is 11.8 Å². The Morgan fingerprint density at radius 3 is 3.11 bits per heavy atom. The Morgan fingerprint density at radius 1 is 1.50 bits per heavy atom. The van der Waals surface area contributed by atoms with Gasteiger partial charge in [0.2, 0.25) is 0 Å². The van der Waals surface area contributed by atoms with Crippen molar-refractivity contribution in [2.45, 2.75) is 38.5 Å². The number of carbonyl (C=O) groups is 1. The Hall–Kier alpha value is -1.64. The first-order valence-electron chi connectivity index (χ1n) is 9.69. The fourth-order valence-electron chi connectivity index (χ4n) is 3.49. The van der Waals surface area contributed by atoms with Crippen LogP contribution in [-0.4, -0.2) is 41.3 Å². The zero-order valence-electron chi connectivity index (χ0n) is 16.5. The Kier molecular flexibility index (Phi) is 7.70. The molecular formula is C20H28N4O2S2. The summed E-state index contributed by atoms with van der Waals surface area (Å²) in [6.07, 6.45) is 6.78. The summed E-state index contributed by atoms with van der Waals surface area (Å²) in [6, 6.07) is 1.86. The molecule has 1 atom stereocenters. The van der Waals surface area contributed by atoms with Crippen molar-refractivity contribution >= 4 is 29.0 Å². The number of thiazole rings is 1. The third kappa shape index (κ3) is 5.46. The lowest BCUT2D eigenvalue weighted by Crippen LogP contribution is -2.38. The lowest BCUT2D eigenvalue weighted by Gasteiger charge is -2.23. The number of aryl methyl sites for hydroxylation is 1. The van der Waals surface area contributed by atoms with Crippen molar-refractivity contribution in [3.8, 4) is 0 Å². The third-order valence-electron chi connectivity index (χ3n) is 4.99. The van der Waals surface area contributed by atoms with Crippen LogP contribution in [0.2, 0.25) is 0 Å². The minimum Gasteiger partial charge on any atom is -0.351 e. The van der Waals surface area contributed by atoms with E-state index in [0.717, 1.165) is 47.9 Å². The molecule has 28 heavy (non-hydrogen) atoms. The molecule has 2 aromatic rings. The molecule has 0 aromatic carbocycles. The first kappa shape index (κ1) is 21.1. The van der Waals surface area contributed by atoms with E-state index in [1.54, 1.807) is 27.7 Å². The number of amides is 1. The highest BCUT2D eigenvalue weighted by Crippen LogP contribution is 2.15. The zero-order valence-corrected chi connectivity index (χ0v) is 18.1. The van der Waals surface area contributed by atoms with E-state index in [2.05, 4.69) is 21.9 Å². The van der Waals surface area contributed by atoms with E-state index in [0.29, 0.717) is 25.4 Å². The number of nitrogens with one attached hydrogen (secondary N) is 2. The molecule has 1 saturated heterocycles. The van der Waals surface area contributed by atoms with Crippen LogP contribution in [-0.2, 0) is 18.7 Å². The molecule has 3 rings (SSSR count). The van der Waals surface area contributed by atoms with E-state index in [4.69, 9.17) is 0 Å². The average molecular weight is 421 g/mol. The monoisotopic (exact) mass is 420 g/mol. The summed E-state index contributed by atoms with van der Waals surface area (Å²) < 4.78 is 1.69. The van der Waals surface area contributed by atoms with Gasteiger partial charge in [0.05, 0.1) is 5.69 Å². The van der Waals surface area contributed by atoms with Gasteiger partial charge in [-0.05, 0) is 56.7 Å². The van der Waals surface area contributed by atoms with Crippen LogP contribution in [0.5, 0.6) is 0 Å². The van der Waals surface area contributed by atoms with Crippen molar-refractivity contribution in [1.29, 1.82) is 0 Å². The number of hydrogen-bond donors (Lipinski definition) is 2. The number of rotatable bonds is 8.